The average Bonchev–Trinajstić information content (AvgIpc) is 2.70. The van der Waals surface area contributed by atoms with E-state index in [0.29, 0.717) is 18.7 Å². The number of nitrogens with one attached hydrogen (secondary N) is 1. The van der Waals surface area contributed by atoms with Gasteiger partial charge in [-0.05, 0) is 32.3 Å². The molecule has 3 aromatic rings. The highest BCUT2D eigenvalue weighted by atomic mass is 19.1. The second-order valence-corrected chi connectivity index (χ2v) is 6.97. The van der Waals surface area contributed by atoms with Crippen molar-refractivity contribution in [3.8, 4) is 0 Å². The van der Waals surface area contributed by atoms with E-state index >= 15 is 0 Å². The van der Waals surface area contributed by atoms with Crippen LogP contribution in [0.25, 0.3) is 10.8 Å². The molecule has 0 aliphatic rings. The monoisotopic (exact) mass is 380 g/mol. The van der Waals surface area contributed by atoms with Gasteiger partial charge in [0, 0.05) is 54.1 Å². The first-order valence-electron chi connectivity index (χ1n) is 9.27. The number of fused-ring (bicyclic) bond motifs is 1. The summed E-state index contributed by atoms with van der Waals surface area (Å²) in [7, 11) is 3.91. The van der Waals surface area contributed by atoms with Crippen LogP contribution >= 0.6 is 0 Å². The summed E-state index contributed by atoms with van der Waals surface area (Å²) in [6, 6.07) is 14.4. The van der Waals surface area contributed by atoms with E-state index in [0.717, 1.165) is 16.5 Å². The van der Waals surface area contributed by atoms with E-state index in [1.807, 2.05) is 43.3 Å². The van der Waals surface area contributed by atoms with Gasteiger partial charge in [0.2, 0.25) is 5.91 Å². The number of pyridine rings is 1. The molecule has 0 aliphatic carbocycles. The minimum absolute atomic E-state index is 0.0730. The Balaban J connectivity index is 1.72. The largest absolute Gasteiger partial charge is 0.376 e. The molecule has 1 heterocycles. The molecule has 0 saturated carbocycles. The van der Waals surface area contributed by atoms with Gasteiger partial charge in [-0.2, -0.15) is 0 Å². The third kappa shape index (κ3) is 5.04. The van der Waals surface area contributed by atoms with Crippen molar-refractivity contribution in [2.75, 3.05) is 39.0 Å². The zero-order valence-electron chi connectivity index (χ0n) is 16.2. The first kappa shape index (κ1) is 19.8. The van der Waals surface area contributed by atoms with Gasteiger partial charge in [0.1, 0.15) is 5.82 Å². The summed E-state index contributed by atoms with van der Waals surface area (Å²) in [5, 5.41) is 5.25. The number of likely N-dealkylation sites (N-methyl/N-ethyl adjacent to an activating group) is 1. The number of carbonyl (C=O) groups excluding carboxylic acids is 1. The van der Waals surface area contributed by atoms with E-state index in [1.54, 1.807) is 35.5 Å². The summed E-state index contributed by atoms with van der Waals surface area (Å²) in [4.78, 5) is 20.7. The van der Waals surface area contributed by atoms with Gasteiger partial charge < -0.3 is 15.1 Å². The normalized spacial score (nSPS) is 11.0. The fraction of sp³-hybridized carbons (Fsp3) is 0.273. The Labute approximate surface area is 164 Å². The topological polar surface area (TPSA) is 48.5 Å². The molecule has 146 valence electrons. The second kappa shape index (κ2) is 9.28. The summed E-state index contributed by atoms with van der Waals surface area (Å²) in [6.07, 6.45) is 3.53. The summed E-state index contributed by atoms with van der Waals surface area (Å²) >= 11 is 0. The molecular weight excluding hydrogens is 355 g/mol. The highest BCUT2D eigenvalue weighted by molar-refractivity contribution is 5.94. The Kier molecular flexibility index (Phi) is 6.55. The minimum atomic E-state index is -0.292. The maximum atomic E-state index is 14.1. The van der Waals surface area contributed by atoms with Gasteiger partial charge in [0.15, 0.2) is 0 Å². The highest BCUT2D eigenvalue weighted by Crippen LogP contribution is 2.22. The van der Waals surface area contributed by atoms with Gasteiger partial charge in [-0.25, -0.2) is 4.39 Å². The van der Waals surface area contributed by atoms with Crippen LogP contribution < -0.4 is 5.32 Å². The maximum Gasteiger partial charge on any atom is 0.242 e. The van der Waals surface area contributed by atoms with E-state index in [9.17, 15) is 9.18 Å². The van der Waals surface area contributed by atoms with Crippen molar-refractivity contribution in [1.29, 1.82) is 0 Å². The van der Waals surface area contributed by atoms with E-state index in [2.05, 4.69) is 10.3 Å². The molecule has 0 spiro atoms. The molecule has 0 bridgehead atoms. The Morgan fingerprint density at radius 2 is 1.89 bits per heavy atom. The molecule has 1 amide bonds. The summed E-state index contributed by atoms with van der Waals surface area (Å²) < 4.78 is 14.1. The molecule has 6 heteroatoms. The predicted molar refractivity (Wildman–Crippen MR) is 111 cm³/mol. The van der Waals surface area contributed by atoms with Gasteiger partial charge in [-0.1, -0.05) is 30.3 Å². The predicted octanol–water partition coefficient (Wildman–Crippen LogP) is 3.38. The molecule has 0 saturated heterocycles. The molecule has 3 rings (SSSR count). The number of anilines is 1. The van der Waals surface area contributed by atoms with Crippen molar-refractivity contribution in [2.45, 2.75) is 6.54 Å². The summed E-state index contributed by atoms with van der Waals surface area (Å²) in [6.45, 7) is 1.63. The zero-order chi connectivity index (χ0) is 19.9. The number of hydrogen-bond donors (Lipinski definition) is 1. The van der Waals surface area contributed by atoms with Crippen molar-refractivity contribution < 1.29 is 9.18 Å². The number of benzene rings is 2. The smallest absolute Gasteiger partial charge is 0.242 e. The lowest BCUT2D eigenvalue weighted by atomic mass is 10.1. The number of rotatable bonds is 8. The van der Waals surface area contributed by atoms with Gasteiger partial charge in [-0.15, -0.1) is 0 Å². The van der Waals surface area contributed by atoms with Crippen molar-refractivity contribution in [1.82, 2.24) is 14.8 Å². The van der Waals surface area contributed by atoms with Crippen molar-refractivity contribution in [3.63, 3.8) is 0 Å². The zero-order valence-corrected chi connectivity index (χ0v) is 16.2. The van der Waals surface area contributed by atoms with Crippen LogP contribution in [0.3, 0.4) is 0 Å². The van der Waals surface area contributed by atoms with E-state index in [4.69, 9.17) is 0 Å². The van der Waals surface area contributed by atoms with Gasteiger partial charge in [0.05, 0.1) is 6.54 Å². The van der Waals surface area contributed by atoms with Crippen molar-refractivity contribution >= 4 is 22.4 Å². The highest BCUT2D eigenvalue weighted by Gasteiger charge is 2.16. The Hall–Kier alpha value is -2.99. The molecule has 0 aliphatic heterocycles. The first-order valence-corrected chi connectivity index (χ1v) is 9.27. The van der Waals surface area contributed by atoms with Gasteiger partial charge in [-0.3, -0.25) is 9.78 Å². The van der Waals surface area contributed by atoms with Crippen molar-refractivity contribution in [2.24, 2.45) is 0 Å². The van der Waals surface area contributed by atoms with Crippen LogP contribution in [0, 0.1) is 5.82 Å². The number of nitrogens with zero attached hydrogens (tertiary/aromatic N) is 3. The fourth-order valence-corrected chi connectivity index (χ4v) is 3.00. The van der Waals surface area contributed by atoms with Crippen LogP contribution in [0.2, 0.25) is 0 Å². The van der Waals surface area contributed by atoms with Gasteiger partial charge in [0.25, 0.3) is 0 Å². The summed E-state index contributed by atoms with van der Waals surface area (Å²) in [5.74, 6) is -0.365. The molecule has 1 N–H and O–H groups in total. The Bertz CT molecular complexity index is 939. The van der Waals surface area contributed by atoms with Gasteiger partial charge >= 0.3 is 0 Å². The van der Waals surface area contributed by atoms with E-state index in [-0.39, 0.29) is 24.8 Å². The molecule has 0 atom stereocenters. The molecular formula is C22H25FN4O. The molecule has 1 aromatic heterocycles. The van der Waals surface area contributed by atoms with Crippen LogP contribution in [-0.4, -0.2) is 54.4 Å². The maximum absolute atomic E-state index is 14.1. The van der Waals surface area contributed by atoms with Crippen molar-refractivity contribution in [3.05, 3.63) is 72.3 Å². The molecule has 2 aromatic carbocycles. The second-order valence-electron chi connectivity index (χ2n) is 6.97. The number of hydrogen-bond acceptors (Lipinski definition) is 4. The number of aromatic nitrogens is 1. The third-order valence-corrected chi connectivity index (χ3v) is 4.60. The number of halogens is 1. The quantitative estimate of drug-likeness (QED) is 0.651. The molecule has 28 heavy (non-hydrogen) atoms. The van der Waals surface area contributed by atoms with Crippen LogP contribution in [0.4, 0.5) is 10.1 Å². The molecule has 0 radical (unpaired) electrons. The van der Waals surface area contributed by atoms with Crippen LogP contribution in [0.5, 0.6) is 0 Å². The number of carbonyl (C=O) groups is 1. The molecule has 5 nitrogen and oxygen atoms in total. The van der Waals surface area contributed by atoms with E-state index < -0.39 is 0 Å². The Morgan fingerprint density at radius 1 is 1.07 bits per heavy atom. The molecule has 0 fully saturated rings. The summed E-state index contributed by atoms with van der Waals surface area (Å²) in [5.41, 5.74) is 1.40. The minimum Gasteiger partial charge on any atom is -0.376 e. The van der Waals surface area contributed by atoms with Crippen LogP contribution in [-0.2, 0) is 11.3 Å². The van der Waals surface area contributed by atoms with Crippen LogP contribution in [0.1, 0.15) is 5.56 Å². The third-order valence-electron chi connectivity index (χ3n) is 4.60. The SMILES string of the molecule is CN(C)CCN(Cc1ccccc1F)C(=O)CNc1cccc2cnccc12. The standard InChI is InChI=1S/C22H25FN4O/c1-26(2)12-13-27(16-18-6-3-4-8-20(18)23)22(28)15-25-21-9-5-7-17-14-24-11-10-19(17)21/h3-11,14,25H,12-13,15-16H2,1-2H3. The lowest BCUT2D eigenvalue weighted by Gasteiger charge is -2.25. The Morgan fingerprint density at radius 3 is 2.68 bits per heavy atom. The number of amides is 1. The first-order chi connectivity index (χ1) is 13.5. The van der Waals surface area contributed by atoms with E-state index in [1.165, 1.54) is 6.07 Å². The van der Waals surface area contributed by atoms with Crippen LogP contribution in [0.15, 0.2) is 60.9 Å². The fourth-order valence-electron chi connectivity index (χ4n) is 3.00. The average molecular weight is 380 g/mol. The lowest BCUT2D eigenvalue weighted by Crippen LogP contribution is -2.39. The lowest BCUT2D eigenvalue weighted by molar-refractivity contribution is -0.130. The molecule has 0 unspecified atom stereocenters.